The van der Waals surface area contributed by atoms with E-state index in [0.29, 0.717) is 28.8 Å². The zero-order chi connectivity index (χ0) is 30.9. The van der Waals surface area contributed by atoms with Crippen molar-refractivity contribution in [1.29, 1.82) is 0 Å². The monoisotopic (exact) mass is 614 g/mol. The number of sulfone groups is 1. The van der Waals surface area contributed by atoms with Crippen LogP contribution >= 0.6 is 0 Å². The Balaban J connectivity index is 1.41. The first-order valence-corrected chi connectivity index (χ1v) is 15.1. The number of carbonyl (C=O) groups excluding carboxylic acids is 1. The van der Waals surface area contributed by atoms with Crippen LogP contribution in [0.25, 0.3) is 5.82 Å². The lowest BCUT2D eigenvalue weighted by Crippen LogP contribution is -2.40. The van der Waals surface area contributed by atoms with E-state index < -0.39 is 27.5 Å². The number of amides is 1. The smallest absolute Gasteiger partial charge is 0.373 e. The van der Waals surface area contributed by atoms with Gasteiger partial charge in [0.1, 0.15) is 18.0 Å². The van der Waals surface area contributed by atoms with Crippen LogP contribution in [-0.4, -0.2) is 65.7 Å². The molecule has 226 valence electrons. The minimum absolute atomic E-state index is 0.0407. The Kier molecular flexibility index (Phi) is 8.01. The van der Waals surface area contributed by atoms with Gasteiger partial charge in [-0.25, -0.2) is 18.4 Å². The van der Waals surface area contributed by atoms with Crippen LogP contribution in [-0.2, 0) is 16.0 Å². The number of anilines is 5. The molecule has 0 saturated carbocycles. The highest BCUT2D eigenvalue weighted by Gasteiger charge is 2.33. The van der Waals surface area contributed by atoms with Crippen LogP contribution in [0.3, 0.4) is 0 Å². The maximum absolute atomic E-state index is 13.8. The fraction of sp³-hybridized carbons (Fsp3) is 0.286. The SMILES string of the molecule is CNc1cc(-n2nc(C)cc2Nc2cc(NC(=O)c3cc(N4CCS(=O)(=O)CC4)cc(C(F)(F)F)c3)ccc2C)ncn1. The molecule has 1 fully saturated rings. The van der Waals surface area contributed by atoms with Crippen molar-refractivity contribution in [2.75, 3.05) is 52.5 Å². The molecule has 4 aromatic rings. The number of hydrogen-bond acceptors (Lipinski definition) is 9. The molecule has 15 heteroatoms. The van der Waals surface area contributed by atoms with Crippen LogP contribution in [0.5, 0.6) is 0 Å². The van der Waals surface area contributed by atoms with Gasteiger partial charge in [-0.3, -0.25) is 4.79 Å². The van der Waals surface area contributed by atoms with Gasteiger partial charge in [-0.15, -0.1) is 0 Å². The third kappa shape index (κ3) is 6.88. The van der Waals surface area contributed by atoms with Crippen molar-refractivity contribution in [3.63, 3.8) is 0 Å². The van der Waals surface area contributed by atoms with Crippen molar-refractivity contribution in [1.82, 2.24) is 19.7 Å². The molecule has 1 aliphatic heterocycles. The van der Waals surface area contributed by atoms with Crippen LogP contribution < -0.4 is 20.9 Å². The first kappa shape index (κ1) is 29.8. The number of hydrogen-bond donors (Lipinski definition) is 3. The Hall–Kier alpha value is -4.66. The first-order valence-electron chi connectivity index (χ1n) is 13.2. The van der Waals surface area contributed by atoms with Crippen molar-refractivity contribution >= 4 is 44.4 Å². The number of aryl methyl sites for hydroxylation is 2. The number of nitrogens with zero attached hydrogens (tertiary/aromatic N) is 5. The zero-order valence-electron chi connectivity index (χ0n) is 23.5. The number of carbonyl (C=O) groups is 1. The molecule has 0 radical (unpaired) electrons. The molecule has 2 aromatic heterocycles. The molecule has 3 N–H and O–H groups in total. The average Bonchev–Trinajstić information content (AvgIpc) is 3.33. The number of benzene rings is 2. The van der Waals surface area contributed by atoms with E-state index in [0.717, 1.165) is 23.4 Å². The van der Waals surface area contributed by atoms with E-state index >= 15 is 0 Å². The highest BCUT2D eigenvalue weighted by molar-refractivity contribution is 7.91. The normalized spacial score (nSPS) is 14.8. The Morgan fingerprint density at radius 2 is 1.72 bits per heavy atom. The lowest BCUT2D eigenvalue weighted by atomic mass is 10.1. The van der Waals surface area contributed by atoms with Gasteiger partial charge in [-0.1, -0.05) is 6.07 Å². The number of halogens is 3. The molecule has 2 aromatic carbocycles. The minimum atomic E-state index is -4.70. The number of alkyl halides is 3. The molecule has 43 heavy (non-hydrogen) atoms. The second-order valence-electron chi connectivity index (χ2n) is 10.1. The van der Waals surface area contributed by atoms with Gasteiger partial charge in [0.15, 0.2) is 15.7 Å². The minimum Gasteiger partial charge on any atom is -0.373 e. The summed E-state index contributed by atoms with van der Waals surface area (Å²) in [5.74, 6) is 0.632. The van der Waals surface area contributed by atoms with Gasteiger partial charge in [0.2, 0.25) is 0 Å². The maximum atomic E-state index is 13.8. The predicted octanol–water partition coefficient (Wildman–Crippen LogP) is 4.57. The average molecular weight is 615 g/mol. The van der Waals surface area contributed by atoms with Gasteiger partial charge in [0.25, 0.3) is 5.91 Å². The van der Waals surface area contributed by atoms with Crippen molar-refractivity contribution in [2.45, 2.75) is 20.0 Å². The maximum Gasteiger partial charge on any atom is 0.416 e. The van der Waals surface area contributed by atoms with Crippen LogP contribution in [0.1, 0.15) is 27.2 Å². The molecule has 0 aliphatic carbocycles. The Bertz CT molecular complexity index is 1780. The molecule has 3 heterocycles. The van der Waals surface area contributed by atoms with E-state index in [-0.39, 0.29) is 35.8 Å². The van der Waals surface area contributed by atoms with Crippen LogP contribution in [0.4, 0.5) is 41.9 Å². The van der Waals surface area contributed by atoms with E-state index in [1.165, 1.54) is 12.4 Å². The van der Waals surface area contributed by atoms with Crippen molar-refractivity contribution in [3.8, 4) is 5.82 Å². The lowest BCUT2D eigenvalue weighted by molar-refractivity contribution is -0.137. The fourth-order valence-corrected chi connectivity index (χ4v) is 5.80. The summed E-state index contributed by atoms with van der Waals surface area (Å²) >= 11 is 0. The first-order chi connectivity index (χ1) is 20.3. The van der Waals surface area contributed by atoms with Gasteiger partial charge in [0.05, 0.1) is 22.8 Å². The number of aromatic nitrogens is 4. The van der Waals surface area contributed by atoms with E-state index in [2.05, 4.69) is 31.0 Å². The largest absolute Gasteiger partial charge is 0.416 e. The standard InChI is InChI=1S/C28H29F3N8O3S/c1-17-4-5-21(14-23(17)36-26-10-18(2)37-39(26)25-15-24(32-3)33-16-34-25)35-27(40)19-11-20(28(29,30)31)13-22(12-19)38-6-8-43(41,42)9-7-38/h4-5,10-16,36H,6-9H2,1-3H3,(H,35,40)(H,32,33,34). The van der Waals surface area contributed by atoms with E-state index in [4.69, 9.17) is 0 Å². The Labute approximate surface area is 246 Å². The van der Waals surface area contributed by atoms with Crippen molar-refractivity contribution in [3.05, 3.63) is 77.2 Å². The van der Waals surface area contributed by atoms with Crippen molar-refractivity contribution in [2.24, 2.45) is 0 Å². The number of nitrogens with one attached hydrogen (secondary N) is 3. The molecule has 0 unspecified atom stereocenters. The van der Waals surface area contributed by atoms with Crippen molar-refractivity contribution < 1.29 is 26.4 Å². The lowest BCUT2D eigenvalue weighted by Gasteiger charge is -2.29. The molecule has 11 nitrogen and oxygen atoms in total. The second kappa shape index (κ2) is 11.6. The summed E-state index contributed by atoms with van der Waals surface area (Å²) < 4.78 is 66.5. The summed E-state index contributed by atoms with van der Waals surface area (Å²) in [5.41, 5.74) is 1.47. The predicted molar refractivity (Wildman–Crippen MR) is 158 cm³/mol. The topological polar surface area (TPSA) is 134 Å². The molecule has 0 spiro atoms. The van der Waals surface area contributed by atoms with Gasteiger partial charge >= 0.3 is 6.18 Å². The van der Waals surface area contributed by atoms with Crippen LogP contribution in [0, 0.1) is 13.8 Å². The highest BCUT2D eigenvalue weighted by atomic mass is 32.2. The molecule has 0 atom stereocenters. The third-order valence-electron chi connectivity index (χ3n) is 6.93. The molecule has 0 bridgehead atoms. The Morgan fingerprint density at radius 3 is 2.42 bits per heavy atom. The van der Waals surface area contributed by atoms with E-state index in [9.17, 15) is 26.4 Å². The Morgan fingerprint density at radius 1 is 0.977 bits per heavy atom. The molecule has 5 rings (SSSR count). The van der Waals surface area contributed by atoms with Gasteiger partial charge in [-0.2, -0.15) is 23.0 Å². The second-order valence-corrected chi connectivity index (χ2v) is 12.4. The van der Waals surface area contributed by atoms with Gasteiger partial charge < -0.3 is 20.9 Å². The summed E-state index contributed by atoms with van der Waals surface area (Å²) in [6.07, 6.45) is -3.29. The van der Waals surface area contributed by atoms with Crippen LogP contribution in [0.15, 0.2) is 54.9 Å². The third-order valence-corrected chi connectivity index (χ3v) is 8.54. The fourth-order valence-electron chi connectivity index (χ4n) is 4.60. The molecule has 1 aliphatic rings. The summed E-state index contributed by atoms with van der Waals surface area (Å²) in [4.78, 5) is 23.2. The van der Waals surface area contributed by atoms with E-state index in [1.807, 2.05) is 19.9 Å². The summed E-state index contributed by atoms with van der Waals surface area (Å²) in [6.45, 7) is 3.78. The zero-order valence-corrected chi connectivity index (χ0v) is 24.3. The van der Waals surface area contributed by atoms with Crippen LogP contribution in [0.2, 0.25) is 0 Å². The molecule has 1 saturated heterocycles. The van der Waals surface area contributed by atoms with E-state index in [1.54, 1.807) is 40.9 Å². The summed E-state index contributed by atoms with van der Waals surface area (Å²) in [6, 6.07) is 11.7. The number of rotatable bonds is 7. The molecular formula is C28H29F3N8O3S. The quantitative estimate of drug-likeness (QED) is 0.274. The molecule has 1 amide bonds. The highest BCUT2D eigenvalue weighted by Crippen LogP contribution is 2.34. The van der Waals surface area contributed by atoms with Gasteiger partial charge in [0, 0.05) is 54.9 Å². The summed E-state index contributed by atoms with van der Waals surface area (Å²) in [7, 11) is -1.50. The van der Waals surface area contributed by atoms with Gasteiger partial charge in [-0.05, 0) is 49.7 Å². The molecular weight excluding hydrogens is 585 g/mol. The summed E-state index contributed by atoms with van der Waals surface area (Å²) in [5, 5.41) is 13.5.